The van der Waals surface area contributed by atoms with E-state index in [1.807, 2.05) is 6.07 Å². The second-order valence-corrected chi connectivity index (χ2v) is 5.00. The summed E-state index contributed by atoms with van der Waals surface area (Å²) in [5.41, 5.74) is 0.159. The summed E-state index contributed by atoms with van der Waals surface area (Å²) in [5, 5.41) is 0.407. The second kappa shape index (κ2) is 5.95. The lowest BCUT2D eigenvalue weighted by molar-refractivity contribution is 0.0830. The summed E-state index contributed by atoms with van der Waals surface area (Å²) in [6.07, 6.45) is 0. The Labute approximate surface area is 130 Å². The Morgan fingerprint density at radius 2 is 1.77 bits per heavy atom. The van der Waals surface area contributed by atoms with Crippen LogP contribution in [0.15, 0.2) is 59.4 Å². The summed E-state index contributed by atoms with van der Waals surface area (Å²) in [5.74, 6) is 0.0421. The summed E-state index contributed by atoms with van der Waals surface area (Å²) in [6.45, 7) is -0.264. The number of hydrogen-bond donors (Lipinski definition) is 1. The van der Waals surface area contributed by atoms with Crippen molar-refractivity contribution in [2.24, 2.45) is 0 Å². The summed E-state index contributed by atoms with van der Waals surface area (Å²) >= 11 is 5.11. The number of nitrogens with zero attached hydrogens (tertiary/aromatic N) is 1. The fraction of sp³-hybridized carbons (Fsp3) is 0.0625. The molecule has 0 fully saturated rings. The van der Waals surface area contributed by atoms with Gasteiger partial charge in [-0.15, -0.1) is 0 Å². The highest BCUT2D eigenvalue weighted by Gasteiger charge is 2.13. The SMILES string of the molecule is O=C(COc1ccccc1)n1c(=S)[nH]c2ccccc2c1=O. The van der Waals surface area contributed by atoms with Crippen LogP contribution in [0.5, 0.6) is 5.75 Å². The average molecular weight is 312 g/mol. The molecular weight excluding hydrogens is 300 g/mol. The molecule has 2 aromatic carbocycles. The zero-order valence-corrected chi connectivity index (χ0v) is 12.3. The van der Waals surface area contributed by atoms with Crippen LogP contribution in [0.1, 0.15) is 4.79 Å². The number of benzene rings is 2. The molecule has 1 N–H and O–H groups in total. The minimum Gasteiger partial charge on any atom is -0.484 e. The first-order chi connectivity index (χ1) is 10.7. The van der Waals surface area contributed by atoms with Gasteiger partial charge in [-0.05, 0) is 36.5 Å². The fourth-order valence-electron chi connectivity index (χ4n) is 2.12. The summed E-state index contributed by atoms with van der Waals surface area (Å²) < 4.78 is 6.37. The molecule has 0 bridgehead atoms. The molecule has 110 valence electrons. The third-order valence-electron chi connectivity index (χ3n) is 3.16. The zero-order valence-electron chi connectivity index (χ0n) is 11.5. The lowest BCUT2D eigenvalue weighted by Gasteiger charge is -2.08. The van der Waals surface area contributed by atoms with Crippen molar-refractivity contribution in [1.82, 2.24) is 9.55 Å². The van der Waals surface area contributed by atoms with Gasteiger partial charge in [0.25, 0.3) is 11.5 Å². The summed E-state index contributed by atoms with van der Waals surface area (Å²) in [4.78, 5) is 27.5. The van der Waals surface area contributed by atoms with Gasteiger partial charge in [0.05, 0.1) is 10.9 Å². The van der Waals surface area contributed by atoms with Crippen LogP contribution in [0.2, 0.25) is 0 Å². The quantitative estimate of drug-likeness (QED) is 0.755. The Kier molecular flexibility index (Phi) is 3.84. The standard InChI is InChI=1S/C16H12N2O3S/c19-14(10-21-11-6-2-1-3-7-11)18-15(20)12-8-4-5-9-13(12)17-16(18)22/h1-9H,10H2,(H,17,22). The van der Waals surface area contributed by atoms with E-state index in [4.69, 9.17) is 17.0 Å². The molecule has 0 atom stereocenters. The zero-order chi connectivity index (χ0) is 15.5. The number of hydrogen-bond acceptors (Lipinski definition) is 4. The van der Waals surface area contributed by atoms with Gasteiger partial charge in [0, 0.05) is 0 Å². The number of fused-ring (bicyclic) bond motifs is 1. The molecule has 0 aliphatic rings. The molecule has 6 heteroatoms. The van der Waals surface area contributed by atoms with Crippen LogP contribution in [-0.4, -0.2) is 22.1 Å². The van der Waals surface area contributed by atoms with Crippen molar-refractivity contribution in [2.75, 3.05) is 6.61 Å². The number of aromatic nitrogens is 2. The lowest BCUT2D eigenvalue weighted by atomic mass is 10.2. The number of H-pyrrole nitrogens is 1. The van der Waals surface area contributed by atoms with E-state index in [1.165, 1.54) is 0 Å². The monoisotopic (exact) mass is 312 g/mol. The van der Waals surface area contributed by atoms with Crippen molar-refractivity contribution in [2.45, 2.75) is 0 Å². The first kappa shape index (κ1) is 14.2. The molecule has 3 aromatic rings. The highest BCUT2D eigenvalue weighted by Crippen LogP contribution is 2.09. The first-order valence-electron chi connectivity index (χ1n) is 6.62. The molecule has 1 heterocycles. The highest BCUT2D eigenvalue weighted by atomic mass is 32.1. The van der Waals surface area contributed by atoms with E-state index in [-0.39, 0.29) is 11.4 Å². The maximum absolute atomic E-state index is 12.4. The van der Waals surface area contributed by atoms with Crippen molar-refractivity contribution >= 4 is 29.0 Å². The van der Waals surface area contributed by atoms with Crippen LogP contribution in [0, 0.1) is 4.77 Å². The molecule has 0 radical (unpaired) electrons. The Morgan fingerprint density at radius 3 is 2.55 bits per heavy atom. The third kappa shape index (κ3) is 2.68. The van der Waals surface area contributed by atoms with Gasteiger partial charge < -0.3 is 9.72 Å². The number of para-hydroxylation sites is 2. The molecule has 0 spiro atoms. The molecule has 3 rings (SSSR count). The van der Waals surface area contributed by atoms with Gasteiger partial charge in [-0.3, -0.25) is 9.59 Å². The molecule has 0 amide bonds. The van der Waals surface area contributed by atoms with Gasteiger partial charge in [0.15, 0.2) is 11.4 Å². The van der Waals surface area contributed by atoms with Gasteiger partial charge in [-0.25, -0.2) is 4.57 Å². The van der Waals surface area contributed by atoms with Crippen LogP contribution >= 0.6 is 12.2 Å². The second-order valence-electron chi connectivity index (χ2n) is 4.61. The minimum absolute atomic E-state index is 0.0605. The van der Waals surface area contributed by atoms with Crippen molar-refractivity contribution in [3.8, 4) is 5.75 Å². The van der Waals surface area contributed by atoms with Crippen molar-refractivity contribution in [1.29, 1.82) is 0 Å². The van der Waals surface area contributed by atoms with Crippen molar-refractivity contribution in [3.05, 3.63) is 69.7 Å². The van der Waals surface area contributed by atoms with E-state index in [2.05, 4.69) is 4.98 Å². The fourth-order valence-corrected chi connectivity index (χ4v) is 2.41. The first-order valence-corrected chi connectivity index (χ1v) is 7.03. The number of rotatable bonds is 3. The van der Waals surface area contributed by atoms with E-state index in [0.717, 1.165) is 4.57 Å². The molecule has 0 saturated carbocycles. The van der Waals surface area contributed by atoms with Crippen LogP contribution in [0.25, 0.3) is 10.9 Å². The summed E-state index contributed by atoms with van der Waals surface area (Å²) in [6, 6.07) is 15.8. The molecule has 1 aromatic heterocycles. The number of nitrogens with one attached hydrogen (secondary N) is 1. The van der Waals surface area contributed by atoms with E-state index >= 15 is 0 Å². The van der Waals surface area contributed by atoms with Gasteiger partial charge in [-0.1, -0.05) is 30.3 Å². The smallest absolute Gasteiger partial charge is 0.273 e. The maximum atomic E-state index is 12.4. The maximum Gasteiger partial charge on any atom is 0.273 e. The molecule has 5 nitrogen and oxygen atoms in total. The Bertz CT molecular complexity index is 945. The van der Waals surface area contributed by atoms with E-state index in [9.17, 15) is 9.59 Å². The van der Waals surface area contributed by atoms with Gasteiger partial charge in [0.1, 0.15) is 5.75 Å². The summed E-state index contributed by atoms with van der Waals surface area (Å²) in [7, 11) is 0. The van der Waals surface area contributed by atoms with Crippen molar-refractivity contribution in [3.63, 3.8) is 0 Å². The average Bonchev–Trinajstić information content (AvgIpc) is 2.54. The normalized spacial score (nSPS) is 10.5. The topological polar surface area (TPSA) is 64.1 Å². The predicted molar refractivity (Wildman–Crippen MR) is 86.0 cm³/mol. The lowest BCUT2D eigenvalue weighted by Crippen LogP contribution is -2.32. The number of ether oxygens (including phenoxy) is 1. The Balaban J connectivity index is 1.94. The Hall–Kier alpha value is -2.73. The highest BCUT2D eigenvalue weighted by molar-refractivity contribution is 7.71. The molecule has 22 heavy (non-hydrogen) atoms. The number of carbonyl (C=O) groups excluding carboxylic acids is 1. The van der Waals surface area contributed by atoms with E-state index < -0.39 is 11.5 Å². The number of carbonyl (C=O) groups is 1. The predicted octanol–water partition coefficient (Wildman–Crippen LogP) is 2.78. The van der Waals surface area contributed by atoms with Crippen LogP contribution < -0.4 is 10.3 Å². The van der Waals surface area contributed by atoms with Crippen LogP contribution in [-0.2, 0) is 0 Å². The van der Waals surface area contributed by atoms with Crippen molar-refractivity contribution < 1.29 is 9.53 Å². The van der Waals surface area contributed by atoms with E-state index in [1.54, 1.807) is 48.5 Å². The minimum atomic E-state index is -0.513. The van der Waals surface area contributed by atoms with Gasteiger partial charge in [0.2, 0.25) is 0 Å². The van der Waals surface area contributed by atoms with E-state index in [0.29, 0.717) is 16.7 Å². The number of aromatic amines is 1. The van der Waals surface area contributed by atoms with Crippen LogP contribution in [0.3, 0.4) is 0 Å². The Morgan fingerprint density at radius 1 is 1.09 bits per heavy atom. The van der Waals surface area contributed by atoms with Crippen LogP contribution in [0.4, 0.5) is 0 Å². The molecule has 0 saturated heterocycles. The largest absolute Gasteiger partial charge is 0.484 e. The van der Waals surface area contributed by atoms with Gasteiger partial charge in [-0.2, -0.15) is 0 Å². The molecular formula is C16H12N2O3S. The molecule has 0 aliphatic carbocycles. The van der Waals surface area contributed by atoms with Gasteiger partial charge >= 0.3 is 0 Å². The third-order valence-corrected chi connectivity index (χ3v) is 3.44. The molecule has 0 aliphatic heterocycles. The molecule has 0 unspecified atom stereocenters.